The van der Waals surface area contributed by atoms with Crippen molar-refractivity contribution < 1.29 is 21.9 Å². The molecule has 4 nitrogen and oxygen atoms in total. The fourth-order valence-corrected chi connectivity index (χ4v) is 4.56. The Morgan fingerprint density at radius 2 is 1.73 bits per heavy atom. The minimum Gasteiger partial charge on any atom is -0.619 e. The summed E-state index contributed by atoms with van der Waals surface area (Å²) in [7, 11) is -4.20. The van der Waals surface area contributed by atoms with Gasteiger partial charge in [0.1, 0.15) is 16.9 Å². The van der Waals surface area contributed by atoms with E-state index in [-0.39, 0.29) is 16.0 Å². The van der Waals surface area contributed by atoms with Crippen molar-refractivity contribution in [2.45, 2.75) is 10.1 Å². The fourth-order valence-electron chi connectivity index (χ4n) is 2.63. The second-order valence-electron chi connectivity index (χ2n) is 5.54. The molecule has 1 unspecified atom stereocenters. The zero-order chi connectivity index (χ0) is 18.9. The Morgan fingerprint density at radius 1 is 1.04 bits per heavy atom. The molecule has 1 aromatic heterocycles. The van der Waals surface area contributed by atoms with Crippen LogP contribution in [0.4, 0.5) is 8.78 Å². The van der Waals surface area contributed by atoms with E-state index in [0.29, 0.717) is 9.75 Å². The molecule has 0 aliphatic heterocycles. The van der Waals surface area contributed by atoms with Crippen molar-refractivity contribution in [1.82, 2.24) is 0 Å². The number of aromatic nitrogens is 1. The maximum atomic E-state index is 14.4. The summed E-state index contributed by atoms with van der Waals surface area (Å²) in [5.74, 6) is -1.68. The molecule has 0 saturated carbocycles. The number of pyridine rings is 1. The van der Waals surface area contributed by atoms with E-state index in [1.807, 2.05) is 0 Å². The highest BCUT2D eigenvalue weighted by Crippen LogP contribution is 2.36. The zero-order valence-electron chi connectivity index (χ0n) is 13.1. The van der Waals surface area contributed by atoms with Crippen LogP contribution < -0.4 is 4.73 Å². The molecule has 0 aliphatic carbocycles. The lowest BCUT2D eigenvalue weighted by atomic mass is 10.1. The number of hydrogen-bond donors (Lipinski definition) is 0. The van der Waals surface area contributed by atoms with E-state index in [9.17, 15) is 22.4 Å². The highest BCUT2D eigenvalue weighted by atomic mass is 35.5. The predicted octanol–water partition coefficient (Wildman–Crippen LogP) is 3.81. The molecular weight excluding hydrogens is 384 g/mol. The molecule has 0 saturated heterocycles. The Labute approximate surface area is 153 Å². The molecule has 0 spiro atoms. The molecule has 134 valence electrons. The molecule has 26 heavy (non-hydrogen) atoms. The molecule has 3 rings (SSSR count). The standard InChI is InChI=1S/C18H12ClF2NO3S/c19-13-3-6-15(7-4-13)26(24,25)18(12-2-1-9-22(23)11-12)16-10-14(20)5-8-17(16)21/h1-11,18H. The van der Waals surface area contributed by atoms with E-state index in [1.54, 1.807) is 0 Å². The lowest BCUT2D eigenvalue weighted by Gasteiger charge is -2.19. The lowest BCUT2D eigenvalue weighted by Crippen LogP contribution is -2.27. The van der Waals surface area contributed by atoms with Crippen molar-refractivity contribution in [2.75, 3.05) is 0 Å². The normalized spacial score (nSPS) is 12.7. The van der Waals surface area contributed by atoms with Gasteiger partial charge in [-0.05, 0) is 48.5 Å². The number of nitrogens with zero attached hydrogens (tertiary/aromatic N) is 1. The maximum Gasteiger partial charge on any atom is 0.189 e. The zero-order valence-corrected chi connectivity index (χ0v) is 14.7. The molecule has 0 bridgehead atoms. The highest BCUT2D eigenvalue weighted by molar-refractivity contribution is 7.91. The first-order valence-corrected chi connectivity index (χ1v) is 9.34. The largest absolute Gasteiger partial charge is 0.619 e. The van der Waals surface area contributed by atoms with Gasteiger partial charge in [-0.2, -0.15) is 4.73 Å². The van der Waals surface area contributed by atoms with E-state index in [2.05, 4.69) is 0 Å². The Kier molecular flexibility index (Phi) is 4.93. The molecule has 1 heterocycles. The van der Waals surface area contributed by atoms with Crippen LogP contribution in [-0.2, 0) is 9.84 Å². The van der Waals surface area contributed by atoms with Gasteiger partial charge < -0.3 is 5.21 Å². The number of hydrogen-bond acceptors (Lipinski definition) is 3. The average Bonchev–Trinajstić information content (AvgIpc) is 2.58. The molecule has 2 aromatic carbocycles. The third kappa shape index (κ3) is 3.54. The second kappa shape index (κ2) is 7.01. The van der Waals surface area contributed by atoms with Crippen molar-refractivity contribution in [3.05, 3.63) is 100.0 Å². The number of benzene rings is 2. The van der Waals surface area contributed by atoms with Gasteiger partial charge in [-0.1, -0.05) is 11.6 Å². The second-order valence-corrected chi connectivity index (χ2v) is 8.01. The lowest BCUT2D eigenvalue weighted by molar-refractivity contribution is -0.605. The van der Waals surface area contributed by atoms with E-state index in [4.69, 9.17) is 11.6 Å². The summed E-state index contributed by atoms with van der Waals surface area (Å²) in [6, 6.07) is 10.6. The summed E-state index contributed by atoms with van der Waals surface area (Å²) >= 11 is 5.79. The number of sulfone groups is 1. The Bertz CT molecular complexity index is 1060. The molecule has 1 atom stereocenters. The first kappa shape index (κ1) is 18.3. The summed E-state index contributed by atoms with van der Waals surface area (Å²) in [5, 5.41) is 10.4. The number of rotatable bonds is 4. The summed E-state index contributed by atoms with van der Waals surface area (Å²) in [6.45, 7) is 0. The molecular formula is C18H12ClF2NO3S. The van der Waals surface area contributed by atoms with E-state index < -0.39 is 26.7 Å². The molecule has 0 aliphatic rings. The van der Waals surface area contributed by atoms with Crippen molar-refractivity contribution >= 4 is 21.4 Å². The maximum absolute atomic E-state index is 14.4. The molecule has 0 fully saturated rings. The van der Waals surface area contributed by atoms with Gasteiger partial charge in [-0.25, -0.2) is 17.2 Å². The van der Waals surface area contributed by atoms with Crippen LogP contribution in [0, 0.1) is 16.8 Å². The van der Waals surface area contributed by atoms with Gasteiger partial charge in [-0.3, -0.25) is 0 Å². The predicted molar refractivity (Wildman–Crippen MR) is 92.2 cm³/mol. The summed E-state index contributed by atoms with van der Waals surface area (Å²) in [4.78, 5) is -0.128. The van der Waals surface area contributed by atoms with Crippen molar-refractivity contribution in [3.8, 4) is 0 Å². The van der Waals surface area contributed by atoms with Crippen molar-refractivity contribution in [1.29, 1.82) is 0 Å². The van der Waals surface area contributed by atoms with Crippen molar-refractivity contribution in [2.24, 2.45) is 0 Å². The van der Waals surface area contributed by atoms with Crippen LogP contribution in [0.2, 0.25) is 5.02 Å². The smallest absolute Gasteiger partial charge is 0.189 e. The molecule has 0 radical (unpaired) electrons. The molecule has 0 N–H and O–H groups in total. The van der Waals surface area contributed by atoms with Crippen LogP contribution in [0.25, 0.3) is 0 Å². The quantitative estimate of drug-likeness (QED) is 0.498. The Hall–Kier alpha value is -2.51. The average molecular weight is 396 g/mol. The van der Waals surface area contributed by atoms with Gasteiger partial charge in [0.25, 0.3) is 0 Å². The molecule has 3 aromatic rings. The van der Waals surface area contributed by atoms with Crippen LogP contribution in [-0.4, -0.2) is 8.42 Å². The Balaban J connectivity index is 2.27. The fraction of sp³-hybridized carbons (Fsp3) is 0.0556. The van der Waals surface area contributed by atoms with Crippen LogP contribution in [0.5, 0.6) is 0 Å². The van der Waals surface area contributed by atoms with Gasteiger partial charge in [-0.15, -0.1) is 0 Å². The SMILES string of the molecule is O=S(=O)(c1ccc(Cl)cc1)C(c1ccc[n+]([O-])c1)c1cc(F)ccc1F. The van der Waals surface area contributed by atoms with Gasteiger partial charge in [0.05, 0.1) is 4.90 Å². The summed E-state index contributed by atoms with van der Waals surface area (Å²) in [6.07, 6.45) is 2.18. The van der Waals surface area contributed by atoms with Crippen LogP contribution in [0.3, 0.4) is 0 Å². The van der Waals surface area contributed by atoms with E-state index in [0.717, 1.165) is 30.6 Å². The highest BCUT2D eigenvalue weighted by Gasteiger charge is 2.34. The van der Waals surface area contributed by atoms with Gasteiger partial charge >= 0.3 is 0 Å². The number of halogens is 3. The van der Waals surface area contributed by atoms with Crippen LogP contribution in [0.1, 0.15) is 16.4 Å². The first-order valence-electron chi connectivity index (χ1n) is 7.42. The van der Waals surface area contributed by atoms with E-state index in [1.165, 1.54) is 36.4 Å². The Morgan fingerprint density at radius 3 is 2.38 bits per heavy atom. The molecule has 0 amide bonds. The van der Waals surface area contributed by atoms with Crippen LogP contribution >= 0.6 is 11.6 Å². The topological polar surface area (TPSA) is 61.1 Å². The van der Waals surface area contributed by atoms with Crippen molar-refractivity contribution in [3.63, 3.8) is 0 Å². The van der Waals surface area contributed by atoms with Gasteiger partial charge in [0, 0.05) is 22.2 Å². The van der Waals surface area contributed by atoms with Crippen LogP contribution in [0.15, 0.2) is 71.9 Å². The third-order valence-corrected chi connectivity index (χ3v) is 6.12. The van der Waals surface area contributed by atoms with E-state index >= 15 is 0 Å². The monoisotopic (exact) mass is 395 g/mol. The molecule has 8 heteroatoms. The first-order chi connectivity index (χ1) is 12.3. The minimum atomic E-state index is -4.20. The minimum absolute atomic E-state index is 0.0157. The summed E-state index contributed by atoms with van der Waals surface area (Å²) < 4.78 is 54.8. The van der Waals surface area contributed by atoms with Gasteiger partial charge in [0.2, 0.25) is 0 Å². The third-order valence-electron chi connectivity index (χ3n) is 3.79. The van der Waals surface area contributed by atoms with Gasteiger partial charge in [0.15, 0.2) is 22.2 Å². The summed E-state index contributed by atoms with van der Waals surface area (Å²) in [5.41, 5.74) is -0.367.